The van der Waals surface area contributed by atoms with Gasteiger partial charge >= 0.3 is 0 Å². The summed E-state index contributed by atoms with van der Waals surface area (Å²) < 4.78 is 2.96. The maximum atomic E-state index is 12.3. The molecular weight excluding hydrogens is 260 g/mol. The molecule has 106 valence electrons. The third-order valence-corrected chi connectivity index (χ3v) is 3.23. The molecule has 0 radical (unpaired) electrons. The van der Waals surface area contributed by atoms with Gasteiger partial charge in [-0.2, -0.15) is 0 Å². The van der Waals surface area contributed by atoms with Gasteiger partial charge in [0.15, 0.2) is 0 Å². The van der Waals surface area contributed by atoms with Gasteiger partial charge in [-0.25, -0.2) is 4.68 Å². The van der Waals surface area contributed by atoms with Crippen LogP contribution in [0.4, 0.5) is 11.4 Å². The maximum Gasteiger partial charge on any atom is 0.295 e. The maximum absolute atomic E-state index is 12.3. The van der Waals surface area contributed by atoms with E-state index in [1.54, 1.807) is 22.9 Å². The van der Waals surface area contributed by atoms with Crippen LogP contribution in [-0.4, -0.2) is 14.3 Å². The number of hydrogen-bond acceptors (Lipinski definition) is 4. The number of para-hydroxylation sites is 2. The molecule has 0 aliphatic carbocycles. The van der Waals surface area contributed by atoms with Gasteiger partial charge in [-0.3, -0.25) is 19.6 Å². The molecule has 2 aromatic rings. The summed E-state index contributed by atoms with van der Waals surface area (Å²) in [5, 5.41) is 11.1. The normalized spacial score (nSPS) is 10.7. The van der Waals surface area contributed by atoms with Crippen molar-refractivity contribution in [3.05, 3.63) is 50.4 Å². The van der Waals surface area contributed by atoms with E-state index in [0.717, 1.165) is 0 Å². The van der Waals surface area contributed by atoms with Crippen molar-refractivity contribution in [3.63, 3.8) is 0 Å². The van der Waals surface area contributed by atoms with Gasteiger partial charge in [0.25, 0.3) is 11.2 Å². The van der Waals surface area contributed by atoms with E-state index in [2.05, 4.69) is 0 Å². The highest BCUT2D eigenvalue weighted by Gasteiger charge is 2.22. The van der Waals surface area contributed by atoms with Crippen molar-refractivity contribution in [2.75, 3.05) is 5.73 Å². The fourth-order valence-corrected chi connectivity index (χ4v) is 2.35. The minimum absolute atomic E-state index is 0.121. The van der Waals surface area contributed by atoms with Crippen LogP contribution in [0.3, 0.4) is 0 Å². The first-order chi connectivity index (χ1) is 9.52. The molecule has 1 aromatic carbocycles. The monoisotopic (exact) mass is 276 g/mol. The van der Waals surface area contributed by atoms with Crippen molar-refractivity contribution in [3.8, 4) is 5.69 Å². The number of nitro benzene ring substituents is 1. The number of hydrogen-bond donors (Lipinski definition) is 1. The Bertz CT molecular complexity index is 715. The van der Waals surface area contributed by atoms with Crippen LogP contribution in [0.2, 0.25) is 0 Å². The van der Waals surface area contributed by atoms with Crippen molar-refractivity contribution < 1.29 is 4.92 Å². The second-order valence-corrected chi connectivity index (χ2v) is 4.29. The van der Waals surface area contributed by atoms with Crippen LogP contribution >= 0.6 is 0 Å². The van der Waals surface area contributed by atoms with Gasteiger partial charge in [-0.15, -0.1) is 0 Å². The molecule has 0 aliphatic heterocycles. The highest BCUT2D eigenvalue weighted by atomic mass is 16.6. The summed E-state index contributed by atoms with van der Waals surface area (Å²) in [7, 11) is 0. The molecule has 0 atom stereocenters. The molecule has 0 spiro atoms. The Balaban J connectivity index is 2.84. The predicted octanol–water partition coefficient (Wildman–Crippen LogP) is 1.71. The van der Waals surface area contributed by atoms with Crippen LogP contribution in [0, 0.1) is 10.1 Å². The zero-order valence-corrected chi connectivity index (χ0v) is 11.4. The van der Waals surface area contributed by atoms with Crippen molar-refractivity contribution in [1.82, 2.24) is 9.36 Å². The molecule has 0 aliphatic rings. The lowest BCUT2D eigenvalue weighted by atomic mass is 10.3. The van der Waals surface area contributed by atoms with Gasteiger partial charge in [-0.05, 0) is 19.4 Å². The van der Waals surface area contributed by atoms with E-state index in [0.29, 0.717) is 18.7 Å². The molecule has 20 heavy (non-hydrogen) atoms. The number of rotatable bonds is 4. The molecule has 7 heteroatoms. The Morgan fingerprint density at radius 1 is 1.30 bits per heavy atom. The minimum atomic E-state index is -0.503. The molecule has 7 nitrogen and oxygen atoms in total. The fraction of sp³-hybridized carbons (Fsp3) is 0.308. The van der Waals surface area contributed by atoms with Crippen LogP contribution in [0.25, 0.3) is 5.69 Å². The molecular formula is C13H16N4O3. The van der Waals surface area contributed by atoms with Gasteiger partial charge in [0, 0.05) is 12.6 Å². The summed E-state index contributed by atoms with van der Waals surface area (Å²) in [5.74, 6) is 0. The quantitative estimate of drug-likeness (QED) is 0.679. The van der Waals surface area contributed by atoms with Crippen molar-refractivity contribution in [2.45, 2.75) is 26.8 Å². The molecule has 2 N–H and O–H groups in total. The summed E-state index contributed by atoms with van der Waals surface area (Å²) in [6.07, 6.45) is 0.586. The second-order valence-electron chi connectivity index (χ2n) is 4.29. The minimum Gasteiger partial charge on any atom is -0.393 e. The number of nitrogens with two attached hydrogens (primary N) is 1. The van der Waals surface area contributed by atoms with E-state index in [-0.39, 0.29) is 17.1 Å². The highest BCUT2D eigenvalue weighted by Crippen LogP contribution is 2.23. The lowest BCUT2D eigenvalue weighted by Crippen LogP contribution is -2.23. The van der Waals surface area contributed by atoms with Gasteiger partial charge in [0.2, 0.25) is 0 Å². The largest absolute Gasteiger partial charge is 0.393 e. The number of nitro groups is 1. The zero-order chi connectivity index (χ0) is 14.9. The highest BCUT2D eigenvalue weighted by molar-refractivity contribution is 5.54. The van der Waals surface area contributed by atoms with Crippen LogP contribution in [-0.2, 0) is 13.0 Å². The number of aromatic nitrogens is 2. The first kappa shape index (κ1) is 13.9. The number of benzene rings is 1. The average Bonchev–Trinajstić information content (AvgIpc) is 2.70. The molecule has 0 fully saturated rings. The second kappa shape index (κ2) is 5.20. The van der Waals surface area contributed by atoms with Crippen molar-refractivity contribution in [1.29, 1.82) is 0 Å². The first-order valence-electron chi connectivity index (χ1n) is 6.36. The Morgan fingerprint density at radius 3 is 2.50 bits per heavy atom. The Hall–Kier alpha value is -2.57. The molecule has 0 amide bonds. The van der Waals surface area contributed by atoms with Gasteiger partial charge < -0.3 is 5.73 Å². The van der Waals surface area contributed by atoms with Crippen LogP contribution in [0.5, 0.6) is 0 Å². The Morgan fingerprint density at radius 2 is 1.95 bits per heavy atom. The van der Waals surface area contributed by atoms with E-state index in [1.807, 2.05) is 13.8 Å². The summed E-state index contributed by atoms with van der Waals surface area (Å²) in [6.45, 7) is 4.26. The van der Waals surface area contributed by atoms with Crippen LogP contribution in [0.1, 0.15) is 19.5 Å². The summed E-state index contributed by atoms with van der Waals surface area (Å²) in [5.41, 5.74) is 6.36. The predicted molar refractivity (Wildman–Crippen MR) is 76.1 cm³/mol. The third kappa shape index (κ3) is 1.97. The van der Waals surface area contributed by atoms with E-state index < -0.39 is 10.5 Å². The molecule has 0 saturated heterocycles. The number of anilines is 1. The molecule has 0 bridgehead atoms. The number of nitrogen functional groups attached to an aromatic ring is 1. The lowest BCUT2D eigenvalue weighted by Gasteiger charge is -2.12. The molecule has 2 rings (SSSR count). The Kier molecular flexibility index (Phi) is 3.60. The SMILES string of the molecule is CCc1c(N)c(=O)n(-c2ccccc2[N+](=O)[O-])n1CC. The summed E-state index contributed by atoms with van der Waals surface area (Å²) in [6, 6.07) is 6.14. The van der Waals surface area contributed by atoms with Crippen molar-refractivity contribution in [2.24, 2.45) is 0 Å². The van der Waals surface area contributed by atoms with E-state index in [1.165, 1.54) is 10.7 Å². The fourth-order valence-electron chi connectivity index (χ4n) is 2.35. The van der Waals surface area contributed by atoms with Crippen LogP contribution < -0.4 is 11.3 Å². The molecule has 1 aromatic heterocycles. The standard InChI is InChI=1S/C13H16N4O3/c1-3-9-12(14)13(18)16(15(9)4-2)10-7-5-6-8-11(10)17(19)20/h5-8H,3-4,14H2,1-2H3. The lowest BCUT2D eigenvalue weighted by molar-refractivity contribution is -0.384. The first-order valence-corrected chi connectivity index (χ1v) is 6.36. The van der Waals surface area contributed by atoms with Crippen molar-refractivity contribution >= 4 is 11.4 Å². The van der Waals surface area contributed by atoms with Gasteiger partial charge in [-0.1, -0.05) is 19.1 Å². The topological polar surface area (TPSA) is 96.1 Å². The summed E-state index contributed by atoms with van der Waals surface area (Å²) >= 11 is 0. The Labute approximate surface area is 115 Å². The average molecular weight is 276 g/mol. The van der Waals surface area contributed by atoms with Gasteiger partial charge in [0.1, 0.15) is 11.4 Å². The summed E-state index contributed by atoms with van der Waals surface area (Å²) in [4.78, 5) is 22.9. The zero-order valence-electron chi connectivity index (χ0n) is 11.4. The molecule has 0 unspecified atom stereocenters. The van der Waals surface area contributed by atoms with Crippen LogP contribution in [0.15, 0.2) is 29.1 Å². The van der Waals surface area contributed by atoms with E-state index in [4.69, 9.17) is 5.73 Å². The van der Waals surface area contributed by atoms with Gasteiger partial charge in [0.05, 0.1) is 10.6 Å². The van der Waals surface area contributed by atoms with E-state index >= 15 is 0 Å². The molecule has 1 heterocycles. The van der Waals surface area contributed by atoms with E-state index in [9.17, 15) is 14.9 Å². The molecule has 0 saturated carbocycles. The number of nitrogens with zero attached hydrogens (tertiary/aromatic N) is 3. The third-order valence-electron chi connectivity index (χ3n) is 3.23. The smallest absolute Gasteiger partial charge is 0.295 e.